The Bertz CT molecular complexity index is 17.7. The molecule has 29 valence electrons. The van der Waals surface area contributed by atoms with Gasteiger partial charge in [0.1, 0.15) is 0 Å². The Kier molecular flexibility index (Phi) is 199. The second-order valence-electron chi connectivity index (χ2n) is 0. The first-order chi connectivity index (χ1) is 0. The molecule has 0 fully saturated rings. The van der Waals surface area contributed by atoms with Gasteiger partial charge in [0.15, 0.2) is 17.4 Å². The molecule has 0 aliphatic rings. The molecule has 0 bridgehead atoms. The SMILES string of the molecule is [AlH3].[Ca+2].[Fe].[H-].[H-].[Mn].[Ti]. The maximum absolute atomic E-state index is 0. The summed E-state index contributed by atoms with van der Waals surface area (Å²) in [5.74, 6) is 0. The predicted molar refractivity (Wildman–Crippen MR) is 17.9 cm³/mol. The van der Waals surface area contributed by atoms with E-state index in [2.05, 4.69) is 0 Å². The number of hydrogen-bond donors (Lipinski definition) is 0. The third-order valence-electron chi connectivity index (χ3n) is 0. The van der Waals surface area contributed by atoms with Crippen LogP contribution in [0.2, 0.25) is 0 Å². The van der Waals surface area contributed by atoms with E-state index in [0.29, 0.717) is 0 Å². The van der Waals surface area contributed by atoms with Gasteiger partial charge in [-0.3, -0.25) is 0 Å². The summed E-state index contributed by atoms with van der Waals surface area (Å²) in [6.07, 6.45) is 0. The minimum atomic E-state index is 0. The van der Waals surface area contributed by atoms with Crippen molar-refractivity contribution in [3.8, 4) is 0 Å². The summed E-state index contributed by atoms with van der Waals surface area (Å²) < 4.78 is 0. The van der Waals surface area contributed by atoms with E-state index in [4.69, 9.17) is 0 Å². The molecule has 0 atom stereocenters. The third-order valence-corrected chi connectivity index (χ3v) is 0. The van der Waals surface area contributed by atoms with Crippen LogP contribution in [0.3, 0.4) is 0 Å². The van der Waals surface area contributed by atoms with Gasteiger partial charge in [0.2, 0.25) is 0 Å². The first-order valence-electron chi connectivity index (χ1n) is 0. The summed E-state index contributed by atoms with van der Waals surface area (Å²) in [7, 11) is 0. The Morgan fingerprint density at radius 1 is 1.20 bits per heavy atom. The maximum atomic E-state index is 0. The van der Waals surface area contributed by atoms with Crippen molar-refractivity contribution >= 4 is 55.1 Å². The minimum Gasteiger partial charge on any atom is -1.00 e. The van der Waals surface area contributed by atoms with E-state index in [0.717, 1.165) is 0 Å². The molecule has 0 rings (SSSR count). The van der Waals surface area contributed by atoms with Crippen LogP contribution in [0.5, 0.6) is 0 Å². The smallest absolute Gasteiger partial charge is 1.00 e. The molecule has 0 unspecified atom stereocenters. The van der Waals surface area contributed by atoms with Gasteiger partial charge in [0.25, 0.3) is 0 Å². The van der Waals surface area contributed by atoms with Gasteiger partial charge in [-0.05, 0) is 0 Å². The van der Waals surface area contributed by atoms with Crippen LogP contribution in [-0.2, 0) is 55.9 Å². The Labute approximate surface area is 112 Å². The second kappa shape index (κ2) is 25.7. The monoisotopic (exact) mass is 231 g/mol. The molecular formula is H5AlCaFeMnTi. The van der Waals surface area contributed by atoms with Crippen LogP contribution in [0.4, 0.5) is 0 Å². The standard InChI is InChI=1S/Al.Ca.Fe.Mn.Ti.5H/q;+2;;;;;;;2*-1. The topological polar surface area (TPSA) is 0 Å². The molecular weight excluding hydrogens is 226 g/mol. The average molecular weight is 231 g/mol. The summed E-state index contributed by atoms with van der Waals surface area (Å²) in [6.45, 7) is 0. The first-order valence-corrected chi connectivity index (χ1v) is 0. The molecule has 5 heavy (non-hydrogen) atoms. The van der Waals surface area contributed by atoms with E-state index in [-0.39, 0.29) is 114 Å². The minimum absolute atomic E-state index is 0. The molecule has 0 aromatic carbocycles. The zero-order chi connectivity index (χ0) is 0. The van der Waals surface area contributed by atoms with Gasteiger partial charge in [-0.1, -0.05) is 0 Å². The van der Waals surface area contributed by atoms with Crippen LogP contribution in [0.15, 0.2) is 0 Å². The summed E-state index contributed by atoms with van der Waals surface area (Å²) in [5, 5.41) is 0. The van der Waals surface area contributed by atoms with Gasteiger partial charge in [-0.25, -0.2) is 0 Å². The van der Waals surface area contributed by atoms with Crippen molar-refractivity contribution in [2.45, 2.75) is 0 Å². The predicted octanol–water partition coefficient (Wildman–Crippen LogP) is -1.35. The van der Waals surface area contributed by atoms with Crippen molar-refractivity contribution in [2.75, 3.05) is 0 Å². The molecule has 0 aliphatic carbocycles. The normalized spacial score (nSPS) is 0. The molecule has 0 spiro atoms. The van der Waals surface area contributed by atoms with Crippen molar-refractivity contribution in [3.63, 3.8) is 0 Å². The van der Waals surface area contributed by atoms with Crippen molar-refractivity contribution in [1.82, 2.24) is 0 Å². The quantitative estimate of drug-likeness (QED) is 0.452. The van der Waals surface area contributed by atoms with Crippen molar-refractivity contribution in [2.24, 2.45) is 0 Å². The molecule has 0 heterocycles. The van der Waals surface area contributed by atoms with Gasteiger partial charge in [-0.2, -0.15) is 0 Å². The van der Waals surface area contributed by atoms with Crippen molar-refractivity contribution < 1.29 is 58.7 Å². The van der Waals surface area contributed by atoms with Crippen molar-refractivity contribution in [3.05, 3.63) is 0 Å². The fourth-order valence-corrected chi connectivity index (χ4v) is 0. The van der Waals surface area contributed by atoms with E-state index >= 15 is 0 Å². The van der Waals surface area contributed by atoms with Crippen LogP contribution >= 0.6 is 0 Å². The molecule has 0 nitrogen and oxygen atoms in total. The summed E-state index contributed by atoms with van der Waals surface area (Å²) in [4.78, 5) is 0. The van der Waals surface area contributed by atoms with Gasteiger partial charge in [-0.15, -0.1) is 0 Å². The van der Waals surface area contributed by atoms with Crippen molar-refractivity contribution in [1.29, 1.82) is 0 Å². The second-order valence-corrected chi connectivity index (χ2v) is 0. The van der Waals surface area contributed by atoms with Crippen LogP contribution in [0, 0.1) is 0 Å². The van der Waals surface area contributed by atoms with Gasteiger partial charge in [0, 0.05) is 55.9 Å². The summed E-state index contributed by atoms with van der Waals surface area (Å²) in [6, 6.07) is 0. The third kappa shape index (κ3) is 18.5. The Hall–Kier alpha value is 3.55. The van der Waals surface area contributed by atoms with Crippen LogP contribution in [0.1, 0.15) is 2.85 Å². The Morgan fingerprint density at radius 3 is 1.20 bits per heavy atom. The van der Waals surface area contributed by atoms with Crippen LogP contribution in [-0.4, -0.2) is 55.1 Å². The molecule has 0 N–H and O–H groups in total. The number of rotatable bonds is 0. The van der Waals surface area contributed by atoms with E-state index < -0.39 is 0 Å². The molecule has 0 aromatic rings. The van der Waals surface area contributed by atoms with E-state index in [1.807, 2.05) is 0 Å². The van der Waals surface area contributed by atoms with Gasteiger partial charge in [0.05, 0.1) is 0 Å². The zero-order valence-electron chi connectivity index (χ0n) is 3.94. The molecule has 0 saturated carbocycles. The summed E-state index contributed by atoms with van der Waals surface area (Å²) in [5.41, 5.74) is 0. The fraction of sp³-hybridized carbons (Fsp3) is 0. The molecule has 0 aliphatic heterocycles. The van der Waals surface area contributed by atoms with Crippen LogP contribution < -0.4 is 0 Å². The fourth-order valence-electron chi connectivity index (χ4n) is 0. The van der Waals surface area contributed by atoms with Crippen LogP contribution in [0.25, 0.3) is 0 Å². The molecule has 0 aromatic heterocycles. The number of hydrogen-bond acceptors (Lipinski definition) is 0. The Morgan fingerprint density at radius 2 is 1.20 bits per heavy atom. The van der Waals surface area contributed by atoms with E-state index in [1.165, 1.54) is 0 Å². The van der Waals surface area contributed by atoms with E-state index in [9.17, 15) is 0 Å². The summed E-state index contributed by atoms with van der Waals surface area (Å²) >= 11 is 0. The molecule has 0 amide bonds. The average Bonchev–Trinajstić information content (AvgIpc) is 0. The van der Waals surface area contributed by atoms with Gasteiger partial charge < -0.3 is 2.85 Å². The largest absolute Gasteiger partial charge is 2.00 e. The molecule has 5 heteroatoms. The Balaban J connectivity index is 0. The maximum Gasteiger partial charge on any atom is 2.00 e. The first kappa shape index (κ1) is 38.7. The zero-order valence-corrected chi connectivity index (χ0v) is 7.99. The molecule has 0 saturated heterocycles. The van der Waals surface area contributed by atoms with Gasteiger partial charge >= 0.3 is 37.7 Å². The molecule has 1 radical (unpaired) electrons. The van der Waals surface area contributed by atoms with E-state index in [1.54, 1.807) is 0 Å².